The smallest absolute Gasteiger partial charge is 0.100 e. The van der Waals surface area contributed by atoms with Crippen LogP contribution in [-0.2, 0) is 0 Å². The summed E-state index contributed by atoms with van der Waals surface area (Å²) in [5.74, 6) is 0. The van der Waals surface area contributed by atoms with Crippen molar-refractivity contribution < 1.29 is 5.11 Å². The van der Waals surface area contributed by atoms with Gasteiger partial charge in [-0.15, -0.1) is 0 Å². The van der Waals surface area contributed by atoms with Crippen LogP contribution in [0, 0.1) is 0 Å². The van der Waals surface area contributed by atoms with Crippen LogP contribution in [0.5, 0.6) is 0 Å². The molecule has 2 nitrogen and oxygen atoms in total. The van der Waals surface area contributed by atoms with Gasteiger partial charge in [-0.2, -0.15) is 0 Å². The Morgan fingerprint density at radius 2 is 2.09 bits per heavy atom. The number of rotatable bonds is 3. The summed E-state index contributed by atoms with van der Waals surface area (Å²) in [5.41, 5.74) is -0.0785. The van der Waals surface area contributed by atoms with Gasteiger partial charge in [0, 0.05) is 6.54 Å². The van der Waals surface area contributed by atoms with Gasteiger partial charge in [-0.1, -0.05) is 6.08 Å². The third-order valence-electron chi connectivity index (χ3n) is 1.28. The van der Waals surface area contributed by atoms with Gasteiger partial charge in [0.25, 0.3) is 0 Å². The molecule has 0 aliphatic rings. The molecule has 2 heteroatoms. The molecule has 0 aromatic rings. The molecule has 0 aliphatic heterocycles. The van der Waals surface area contributed by atoms with Gasteiger partial charge >= 0.3 is 0 Å². The topological polar surface area (TPSA) is 32.6 Å². The second kappa shape index (κ2) is 4.29. The van der Waals surface area contributed by atoms with Crippen molar-refractivity contribution in [1.29, 1.82) is 0 Å². The first-order chi connectivity index (χ1) is 5.02. The second-order valence-electron chi connectivity index (χ2n) is 2.92. The van der Waals surface area contributed by atoms with Crippen molar-refractivity contribution in [2.24, 2.45) is 4.99 Å². The van der Waals surface area contributed by atoms with Crippen LogP contribution in [0.15, 0.2) is 17.1 Å². The Morgan fingerprint density at radius 1 is 1.55 bits per heavy atom. The van der Waals surface area contributed by atoms with Crippen LogP contribution in [0.2, 0.25) is 0 Å². The third-order valence-corrected chi connectivity index (χ3v) is 1.28. The minimum absolute atomic E-state index is 0.712. The molecule has 0 heterocycles. The molecule has 0 rings (SSSR count). The lowest BCUT2D eigenvalue weighted by atomic mass is 10.0. The highest BCUT2D eigenvalue weighted by atomic mass is 16.3. The van der Waals surface area contributed by atoms with Crippen LogP contribution < -0.4 is 0 Å². The van der Waals surface area contributed by atoms with Crippen molar-refractivity contribution in [2.75, 3.05) is 6.54 Å². The molecule has 0 aromatic carbocycles. The summed E-state index contributed by atoms with van der Waals surface area (Å²) in [6.45, 7) is 8.05. The predicted octanol–water partition coefficient (Wildman–Crippen LogP) is 1.79. The fourth-order valence-corrected chi connectivity index (χ4v) is 0.778. The van der Waals surface area contributed by atoms with Gasteiger partial charge in [-0.3, -0.25) is 4.99 Å². The Balaban J connectivity index is 4.48. The molecule has 0 fully saturated rings. The number of nitrogens with zero attached hydrogens (tertiary/aromatic N) is 1. The minimum Gasteiger partial charge on any atom is -0.384 e. The molecule has 0 radical (unpaired) electrons. The number of allylic oxidation sites excluding steroid dienone is 1. The maximum absolute atomic E-state index is 9.56. The number of hydrogen-bond acceptors (Lipinski definition) is 2. The van der Waals surface area contributed by atoms with Gasteiger partial charge in [0.05, 0.1) is 5.71 Å². The first-order valence-corrected chi connectivity index (χ1v) is 3.92. The molecule has 0 bridgehead atoms. The average molecular weight is 155 g/mol. The molecule has 0 aromatic heterocycles. The van der Waals surface area contributed by atoms with Gasteiger partial charge in [-0.25, -0.2) is 0 Å². The fourth-order valence-electron chi connectivity index (χ4n) is 0.778. The van der Waals surface area contributed by atoms with Crippen LogP contribution in [0.1, 0.15) is 27.7 Å². The van der Waals surface area contributed by atoms with Crippen molar-refractivity contribution in [1.82, 2.24) is 0 Å². The Kier molecular flexibility index (Phi) is 4.04. The summed E-state index contributed by atoms with van der Waals surface area (Å²) >= 11 is 0. The molecule has 1 N–H and O–H groups in total. The molecule has 0 atom stereocenters. The van der Waals surface area contributed by atoms with Crippen LogP contribution >= 0.6 is 0 Å². The second-order valence-corrected chi connectivity index (χ2v) is 2.92. The summed E-state index contributed by atoms with van der Waals surface area (Å²) in [6, 6.07) is 0. The van der Waals surface area contributed by atoms with E-state index in [0.29, 0.717) is 6.54 Å². The van der Waals surface area contributed by atoms with Gasteiger partial charge in [0.2, 0.25) is 0 Å². The molecule has 11 heavy (non-hydrogen) atoms. The highest BCUT2D eigenvalue weighted by molar-refractivity contribution is 6.00. The van der Waals surface area contributed by atoms with E-state index < -0.39 is 5.60 Å². The lowest BCUT2D eigenvalue weighted by Gasteiger charge is -2.17. The lowest BCUT2D eigenvalue weighted by molar-refractivity contribution is 0.154. The number of aliphatic hydroxyl groups is 1. The van der Waals surface area contributed by atoms with Crippen LogP contribution in [-0.4, -0.2) is 23.0 Å². The quantitative estimate of drug-likeness (QED) is 0.619. The van der Waals surface area contributed by atoms with E-state index in [2.05, 4.69) is 4.99 Å². The van der Waals surface area contributed by atoms with Crippen LogP contribution in [0.3, 0.4) is 0 Å². The normalized spacial score (nSPS) is 14.5. The zero-order valence-corrected chi connectivity index (χ0v) is 7.76. The van der Waals surface area contributed by atoms with Crippen molar-refractivity contribution in [2.45, 2.75) is 33.3 Å². The van der Waals surface area contributed by atoms with E-state index in [1.165, 1.54) is 0 Å². The van der Waals surface area contributed by atoms with Crippen LogP contribution in [0.25, 0.3) is 0 Å². The highest BCUT2D eigenvalue weighted by Gasteiger charge is 2.17. The Morgan fingerprint density at radius 3 is 2.36 bits per heavy atom. The first-order valence-electron chi connectivity index (χ1n) is 3.92. The fraction of sp³-hybridized carbons (Fsp3) is 0.667. The van der Waals surface area contributed by atoms with E-state index in [4.69, 9.17) is 0 Å². The zero-order chi connectivity index (χ0) is 8.91. The SMILES string of the molecule is C/C=C\C(=N/CC)C(C)(C)O. The summed E-state index contributed by atoms with van der Waals surface area (Å²) in [6.07, 6.45) is 3.72. The molecule has 0 saturated heterocycles. The largest absolute Gasteiger partial charge is 0.384 e. The van der Waals surface area contributed by atoms with E-state index in [1.807, 2.05) is 26.0 Å². The Bertz CT molecular complexity index is 163. The molecule has 64 valence electrons. The maximum atomic E-state index is 9.56. The van der Waals surface area contributed by atoms with Crippen molar-refractivity contribution in [3.8, 4) is 0 Å². The summed E-state index contributed by atoms with van der Waals surface area (Å²) in [5, 5.41) is 9.56. The van der Waals surface area contributed by atoms with Gasteiger partial charge < -0.3 is 5.11 Å². The van der Waals surface area contributed by atoms with Crippen molar-refractivity contribution >= 4 is 5.71 Å². The number of aliphatic imine (C=N–C) groups is 1. The van der Waals surface area contributed by atoms with Gasteiger partial charge in [0.15, 0.2) is 0 Å². The lowest BCUT2D eigenvalue weighted by Crippen LogP contribution is -2.29. The van der Waals surface area contributed by atoms with E-state index in [1.54, 1.807) is 13.8 Å². The molecular formula is C9H17NO. The van der Waals surface area contributed by atoms with Crippen LogP contribution in [0.4, 0.5) is 0 Å². The Hall–Kier alpha value is -0.630. The van der Waals surface area contributed by atoms with E-state index in [9.17, 15) is 5.11 Å². The van der Waals surface area contributed by atoms with Crippen molar-refractivity contribution in [3.63, 3.8) is 0 Å². The van der Waals surface area contributed by atoms with E-state index in [0.717, 1.165) is 5.71 Å². The van der Waals surface area contributed by atoms with E-state index in [-0.39, 0.29) is 0 Å². The monoisotopic (exact) mass is 155 g/mol. The summed E-state index contributed by atoms with van der Waals surface area (Å²) < 4.78 is 0. The van der Waals surface area contributed by atoms with Gasteiger partial charge in [0.1, 0.15) is 5.60 Å². The molecule has 0 saturated carbocycles. The Labute approximate surface area is 68.7 Å². The number of hydrogen-bond donors (Lipinski definition) is 1. The molecular weight excluding hydrogens is 138 g/mol. The van der Waals surface area contributed by atoms with E-state index >= 15 is 0 Å². The van der Waals surface area contributed by atoms with Crippen molar-refractivity contribution in [3.05, 3.63) is 12.2 Å². The maximum Gasteiger partial charge on any atom is 0.100 e. The minimum atomic E-state index is -0.817. The standard InChI is InChI=1S/C9H17NO/c1-5-7-8(10-6-2)9(3,4)11/h5,7,11H,6H2,1-4H3/b7-5-,10-8+. The highest BCUT2D eigenvalue weighted by Crippen LogP contribution is 2.05. The zero-order valence-electron chi connectivity index (χ0n) is 7.76. The molecule has 0 amide bonds. The molecule has 0 aliphatic carbocycles. The predicted molar refractivity (Wildman–Crippen MR) is 49.1 cm³/mol. The first kappa shape index (κ1) is 10.4. The molecule has 0 spiro atoms. The average Bonchev–Trinajstić information content (AvgIpc) is 1.85. The summed E-state index contributed by atoms with van der Waals surface area (Å²) in [4.78, 5) is 4.16. The third kappa shape index (κ3) is 3.94. The summed E-state index contributed by atoms with van der Waals surface area (Å²) in [7, 11) is 0. The molecule has 0 unspecified atom stereocenters. The van der Waals surface area contributed by atoms with Gasteiger partial charge in [-0.05, 0) is 33.8 Å².